The average Bonchev–Trinajstić information content (AvgIpc) is 2.66. The van der Waals surface area contributed by atoms with Crippen LogP contribution in [0.3, 0.4) is 0 Å². The van der Waals surface area contributed by atoms with E-state index in [0.717, 1.165) is 11.6 Å². The summed E-state index contributed by atoms with van der Waals surface area (Å²) in [6.45, 7) is 10.6. The molecule has 0 heterocycles. The van der Waals surface area contributed by atoms with E-state index < -0.39 is 5.60 Å². The second-order valence-corrected chi connectivity index (χ2v) is 9.80. The Morgan fingerprint density at radius 2 is 1.83 bits per heavy atom. The van der Waals surface area contributed by atoms with Crippen molar-refractivity contribution in [2.45, 2.75) is 84.7 Å². The van der Waals surface area contributed by atoms with Crippen LogP contribution in [-0.2, 0) is 9.53 Å². The summed E-state index contributed by atoms with van der Waals surface area (Å²) in [6.07, 6.45) is 6.83. The Labute approximate surface area is 180 Å². The van der Waals surface area contributed by atoms with Gasteiger partial charge in [0.25, 0.3) is 0 Å². The van der Waals surface area contributed by atoms with E-state index in [1.165, 1.54) is 37.7 Å². The van der Waals surface area contributed by atoms with Crippen LogP contribution in [-0.4, -0.2) is 23.4 Å². The van der Waals surface area contributed by atoms with E-state index in [0.29, 0.717) is 23.9 Å². The van der Waals surface area contributed by atoms with Crippen molar-refractivity contribution >= 4 is 28.5 Å². The Morgan fingerprint density at radius 1 is 1.17 bits per heavy atom. The van der Waals surface area contributed by atoms with Crippen LogP contribution < -0.4 is 5.32 Å². The highest BCUT2D eigenvalue weighted by molar-refractivity contribution is 6.63. The SMILES string of the molecule is CC(c1ccc(C(=O)OC(C)(C)C)cc1NCCC(=O)Cl)C(C)C1CCCCC1. The molecule has 1 fully saturated rings. The summed E-state index contributed by atoms with van der Waals surface area (Å²) in [6, 6.07) is 5.74. The highest BCUT2D eigenvalue weighted by atomic mass is 35.5. The molecule has 2 atom stereocenters. The van der Waals surface area contributed by atoms with Gasteiger partial charge in [-0.3, -0.25) is 4.79 Å². The first kappa shape index (κ1) is 23.7. The van der Waals surface area contributed by atoms with Gasteiger partial charge in [0.2, 0.25) is 5.24 Å². The average molecular weight is 422 g/mol. The Kier molecular flexibility index (Phi) is 8.57. The summed E-state index contributed by atoms with van der Waals surface area (Å²) in [5.41, 5.74) is 2.04. The van der Waals surface area contributed by atoms with Crippen LogP contribution in [0, 0.1) is 11.8 Å². The predicted octanol–water partition coefficient (Wildman–Crippen LogP) is 6.53. The maximum atomic E-state index is 12.5. The van der Waals surface area contributed by atoms with Crippen LogP contribution in [0.4, 0.5) is 5.69 Å². The van der Waals surface area contributed by atoms with Gasteiger partial charge in [0.15, 0.2) is 0 Å². The molecule has 4 nitrogen and oxygen atoms in total. The molecule has 1 aliphatic rings. The molecular formula is C24H36ClNO3. The quantitative estimate of drug-likeness (QED) is 0.383. The fraction of sp³-hybridized carbons (Fsp3) is 0.667. The van der Waals surface area contributed by atoms with Crippen molar-refractivity contribution in [3.63, 3.8) is 0 Å². The van der Waals surface area contributed by atoms with E-state index >= 15 is 0 Å². The molecule has 2 rings (SSSR count). The maximum absolute atomic E-state index is 12.5. The Hall–Kier alpha value is -1.55. The lowest BCUT2D eigenvalue weighted by Gasteiger charge is -2.33. The van der Waals surface area contributed by atoms with E-state index in [1.807, 2.05) is 39.0 Å². The number of esters is 1. The van der Waals surface area contributed by atoms with Crippen molar-refractivity contribution in [3.05, 3.63) is 29.3 Å². The van der Waals surface area contributed by atoms with Gasteiger partial charge in [0.1, 0.15) is 5.60 Å². The number of rotatable bonds is 8. The van der Waals surface area contributed by atoms with Crippen molar-refractivity contribution in [1.29, 1.82) is 0 Å². The highest BCUT2D eigenvalue weighted by Gasteiger charge is 2.27. The molecular weight excluding hydrogens is 386 g/mol. The number of halogens is 1. The van der Waals surface area contributed by atoms with E-state index in [4.69, 9.17) is 16.3 Å². The lowest BCUT2D eigenvalue weighted by atomic mass is 9.73. The first-order valence-electron chi connectivity index (χ1n) is 10.9. The monoisotopic (exact) mass is 421 g/mol. The molecule has 162 valence electrons. The summed E-state index contributed by atoms with van der Waals surface area (Å²) in [4.78, 5) is 23.7. The standard InChI is InChI=1S/C24H36ClNO3/c1-16(18-9-7-6-8-10-18)17(2)20-12-11-19(23(28)29-24(3,4)5)15-21(20)26-14-13-22(25)27/h11-12,15-18,26H,6-10,13-14H2,1-5H3. The molecule has 0 amide bonds. The molecule has 29 heavy (non-hydrogen) atoms. The molecule has 0 aromatic heterocycles. The maximum Gasteiger partial charge on any atom is 0.338 e. The van der Waals surface area contributed by atoms with E-state index in [-0.39, 0.29) is 17.6 Å². The number of anilines is 1. The third-order valence-electron chi connectivity index (χ3n) is 6.00. The van der Waals surface area contributed by atoms with Gasteiger partial charge in [-0.15, -0.1) is 0 Å². The van der Waals surface area contributed by atoms with Gasteiger partial charge >= 0.3 is 5.97 Å². The second kappa shape index (κ2) is 10.5. The van der Waals surface area contributed by atoms with Gasteiger partial charge in [-0.05, 0) is 67.8 Å². The molecule has 1 aromatic carbocycles. The molecule has 0 bridgehead atoms. The van der Waals surface area contributed by atoms with Crippen LogP contribution >= 0.6 is 11.6 Å². The van der Waals surface area contributed by atoms with Crippen LogP contribution in [0.15, 0.2) is 18.2 Å². The summed E-state index contributed by atoms with van der Waals surface area (Å²) in [5, 5.41) is 2.96. The van der Waals surface area contributed by atoms with Crippen molar-refractivity contribution in [2.75, 3.05) is 11.9 Å². The Balaban J connectivity index is 2.25. The van der Waals surface area contributed by atoms with Crippen molar-refractivity contribution < 1.29 is 14.3 Å². The lowest BCUT2D eigenvalue weighted by molar-refractivity contribution is -0.111. The summed E-state index contributed by atoms with van der Waals surface area (Å²) in [7, 11) is 0. The highest BCUT2D eigenvalue weighted by Crippen LogP contribution is 2.40. The molecule has 0 aliphatic heterocycles. The zero-order valence-corrected chi connectivity index (χ0v) is 19.3. The first-order valence-corrected chi connectivity index (χ1v) is 11.3. The minimum absolute atomic E-state index is 0.240. The topological polar surface area (TPSA) is 55.4 Å². The molecule has 1 saturated carbocycles. The van der Waals surface area contributed by atoms with E-state index in [1.54, 1.807) is 0 Å². The summed E-state index contributed by atoms with van der Waals surface area (Å²) < 4.78 is 5.52. The first-order chi connectivity index (χ1) is 13.6. The Morgan fingerprint density at radius 3 is 2.41 bits per heavy atom. The fourth-order valence-electron chi connectivity index (χ4n) is 4.22. The predicted molar refractivity (Wildman–Crippen MR) is 120 cm³/mol. The van der Waals surface area contributed by atoms with Crippen molar-refractivity contribution in [1.82, 2.24) is 0 Å². The fourth-order valence-corrected chi connectivity index (χ4v) is 4.31. The smallest absolute Gasteiger partial charge is 0.338 e. The molecule has 0 saturated heterocycles. The van der Waals surface area contributed by atoms with Crippen LogP contribution in [0.1, 0.15) is 95.0 Å². The number of hydrogen-bond acceptors (Lipinski definition) is 4. The third kappa shape index (κ3) is 7.33. The zero-order valence-electron chi connectivity index (χ0n) is 18.5. The summed E-state index contributed by atoms with van der Waals surface area (Å²) >= 11 is 5.50. The lowest BCUT2D eigenvalue weighted by Crippen LogP contribution is -2.24. The minimum Gasteiger partial charge on any atom is -0.456 e. The number of ether oxygens (including phenoxy) is 1. The van der Waals surface area contributed by atoms with Gasteiger partial charge in [0.05, 0.1) is 5.56 Å². The molecule has 1 aliphatic carbocycles. The molecule has 2 unspecified atom stereocenters. The number of hydrogen-bond donors (Lipinski definition) is 1. The van der Waals surface area contributed by atoms with Crippen LogP contribution in [0.25, 0.3) is 0 Å². The van der Waals surface area contributed by atoms with Gasteiger partial charge in [0, 0.05) is 18.7 Å². The second-order valence-electron chi connectivity index (χ2n) is 9.38. The van der Waals surface area contributed by atoms with Gasteiger partial charge < -0.3 is 10.1 Å². The number of benzene rings is 1. The molecule has 0 spiro atoms. The number of carbonyl (C=O) groups is 2. The molecule has 1 aromatic rings. The Bertz CT molecular complexity index is 705. The minimum atomic E-state index is -0.544. The number of carbonyl (C=O) groups excluding carboxylic acids is 2. The molecule has 1 N–H and O–H groups in total. The van der Waals surface area contributed by atoms with Gasteiger partial charge in [-0.1, -0.05) is 52.0 Å². The van der Waals surface area contributed by atoms with Crippen LogP contribution in [0.2, 0.25) is 0 Å². The van der Waals surface area contributed by atoms with Crippen molar-refractivity contribution in [3.8, 4) is 0 Å². The zero-order chi connectivity index (χ0) is 21.6. The van der Waals surface area contributed by atoms with E-state index in [9.17, 15) is 9.59 Å². The number of nitrogens with one attached hydrogen (secondary N) is 1. The van der Waals surface area contributed by atoms with Crippen molar-refractivity contribution in [2.24, 2.45) is 11.8 Å². The van der Waals surface area contributed by atoms with Gasteiger partial charge in [-0.25, -0.2) is 4.79 Å². The molecule has 5 heteroatoms. The summed E-state index contributed by atoms with van der Waals surface area (Å²) in [5.74, 6) is 1.30. The molecule has 0 radical (unpaired) electrons. The van der Waals surface area contributed by atoms with Gasteiger partial charge in [-0.2, -0.15) is 0 Å². The third-order valence-corrected chi connectivity index (χ3v) is 6.19. The van der Waals surface area contributed by atoms with E-state index in [2.05, 4.69) is 19.2 Å². The largest absolute Gasteiger partial charge is 0.456 e. The van der Waals surface area contributed by atoms with Crippen LogP contribution in [0.5, 0.6) is 0 Å². The normalized spacial score (nSPS) is 17.4.